The highest BCUT2D eigenvalue weighted by Crippen LogP contribution is 2.31. The minimum Gasteiger partial charge on any atom is -0.393 e. The summed E-state index contributed by atoms with van der Waals surface area (Å²) in [5, 5.41) is 9.35. The molecule has 1 aliphatic rings. The second-order valence-electron chi connectivity index (χ2n) is 3.67. The van der Waals surface area contributed by atoms with Gasteiger partial charge in [-0.2, -0.15) is 0 Å². The molecule has 0 spiro atoms. The molecule has 1 fully saturated rings. The zero-order valence-electron chi connectivity index (χ0n) is 7.01. The number of aliphatic hydroxyl groups excluding tert-OH is 1. The highest BCUT2D eigenvalue weighted by atomic mass is 16.3. The molecule has 1 aliphatic carbocycles. The molecule has 0 saturated heterocycles. The summed E-state index contributed by atoms with van der Waals surface area (Å²) in [5.74, 6) is 1.32. The van der Waals surface area contributed by atoms with Crippen LogP contribution in [0.4, 0.5) is 0 Å². The summed E-state index contributed by atoms with van der Waals surface area (Å²) in [6.07, 6.45) is 5.15. The average Bonchev–Trinajstić information content (AvgIpc) is 1.88. The molecule has 0 radical (unpaired) electrons. The molecule has 1 heteroatoms. The van der Waals surface area contributed by atoms with Crippen LogP contribution in [0.15, 0.2) is 0 Å². The van der Waals surface area contributed by atoms with Gasteiger partial charge in [0.2, 0.25) is 0 Å². The Labute approximate surface area is 63.4 Å². The van der Waals surface area contributed by atoms with E-state index in [0.717, 1.165) is 5.92 Å². The van der Waals surface area contributed by atoms with E-state index in [1.165, 1.54) is 25.7 Å². The molecule has 0 aromatic carbocycles. The minimum atomic E-state index is -0.0877. The summed E-state index contributed by atoms with van der Waals surface area (Å²) < 4.78 is 0. The van der Waals surface area contributed by atoms with Crippen LogP contribution in [0, 0.1) is 11.8 Å². The smallest absolute Gasteiger partial charge is 0.0542 e. The quantitative estimate of drug-likeness (QED) is 0.595. The molecule has 1 saturated carbocycles. The molecule has 10 heavy (non-hydrogen) atoms. The Hall–Kier alpha value is -0.0400. The third-order valence-electron chi connectivity index (χ3n) is 2.80. The van der Waals surface area contributed by atoms with Gasteiger partial charge in [0, 0.05) is 0 Å². The molecule has 0 bridgehead atoms. The van der Waals surface area contributed by atoms with Crippen molar-refractivity contribution in [2.24, 2.45) is 11.8 Å². The lowest BCUT2D eigenvalue weighted by Gasteiger charge is -2.30. The predicted molar refractivity (Wildman–Crippen MR) is 42.8 cm³/mol. The maximum atomic E-state index is 9.35. The van der Waals surface area contributed by atoms with Crippen LogP contribution in [0.25, 0.3) is 0 Å². The Bertz CT molecular complexity index is 98.9. The van der Waals surface area contributed by atoms with E-state index in [2.05, 4.69) is 6.92 Å². The highest BCUT2D eigenvalue weighted by Gasteiger charge is 2.24. The van der Waals surface area contributed by atoms with Gasteiger partial charge < -0.3 is 5.11 Å². The summed E-state index contributed by atoms with van der Waals surface area (Å²) in [7, 11) is 0. The third kappa shape index (κ3) is 1.72. The van der Waals surface area contributed by atoms with Gasteiger partial charge in [-0.25, -0.2) is 0 Å². The fourth-order valence-corrected chi connectivity index (χ4v) is 2.06. The summed E-state index contributed by atoms with van der Waals surface area (Å²) in [6, 6.07) is 0. The third-order valence-corrected chi connectivity index (χ3v) is 2.80. The Morgan fingerprint density at radius 1 is 1.30 bits per heavy atom. The fraction of sp³-hybridized carbons (Fsp3) is 1.00. The standard InChI is InChI=1S/C9H18O/c1-7-5-3-4-6-9(7)8(2)10/h7-10H,3-6H2,1-2H3/t7?,8-,9?/m0/s1. The highest BCUT2D eigenvalue weighted by molar-refractivity contribution is 4.75. The van der Waals surface area contributed by atoms with Crippen molar-refractivity contribution in [2.75, 3.05) is 0 Å². The summed E-state index contributed by atoms with van der Waals surface area (Å²) in [4.78, 5) is 0. The van der Waals surface area contributed by atoms with Gasteiger partial charge >= 0.3 is 0 Å². The van der Waals surface area contributed by atoms with Gasteiger partial charge in [-0.05, 0) is 25.2 Å². The van der Waals surface area contributed by atoms with Crippen LogP contribution in [-0.4, -0.2) is 11.2 Å². The SMILES string of the molecule is CC1CCCCC1[C@H](C)O. The first kappa shape index (κ1) is 8.06. The molecule has 0 heterocycles. The van der Waals surface area contributed by atoms with E-state index in [4.69, 9.17) is 0 Å². The van der Waals surface area contributed by atoms with Crippen LogP contribution in [-0.2, 0) is 0 Å². The molecule has 3 atom stereocenters. The van der Waals surface area contributed by atoms with Gasteiger partial charge in [0.25, 0.3) is 0 Å². The van der Waals surface area contributed by atoms with Crippen molar-refractivity contribution in [1.82, 2.24) is 0 Å². The van der Waals surface area contributed by atoms with Crippen molar-refractivity contribution in [1.29, 1.82) is 0 Å². The van der Waals surface area contributed by atoms with Crippen LogP contribution in [0.5, 0.6) is 0 Å². The van der Waals surface area contributed by atoms with Crippen LogP contribution in [0.2, 0.25) is 0 Å². The summed E-state index contributed by atoms with van der Waals surface area (Å²) >= 11 is 0. The number of hydrogen-bond acceptors (Lipinski definition) is 1. The number of aliphatic hydroxyl groups is 1. The van der Waals surface area contributed by atoms with Crippen molar-refractivity contribution in [2.45, 2.75) is 45.6 Å². The molecule has 0 aromatic rings. The van der Waals surface area contributed by atoms with Gasteiger partial charge in [-0.15, -0.1) is 0 Å². The van der Waals surface area contributed by atoms with Gasteiger partial charge in [0.15, 0.2) is 0 Å². The molecular weight excluding hydrogens is 124 g/mol. The van der Waals surface area contributed by atoms with Crippen molar-refractivity contribution in [3.63, 3.8) is 0 Å². The zero-order valence-corrected chi connectivity index (χ0v) is 7.01. The first-order chi connectivity index (χ1) is 4.72. The molecule has 1 nitrogen and oxygen atoms in total. The molecule has 0 amide bonds. The molecular formula is C9H18O. The molecule has 1 rings (SSSR count). The van der Waals surface area contributed by atoms with Crippen molar-refractivity contribution < 1.29 is 5.11 Å². The van der Waals surface area contributed by atoms with Crippen LogP contribution in [0.3, 0.4) is 0 Å². The van der Waals surface area contributed by atoms with Gasteiger partial charge in [0.05, 0.1) is 6.10 Å². The van der Waals surface area contributed by atoms with Crippen molar-refractivity contribution in [3.8, 4) is 0 Å². The van der Waals surface area contributed by atoms with Crippen molar-refractivity contribution in [3.05, 3.63) is 0 Å². The molecule has 0 aliphatic heterocycles. The Morgan fingerprint density at radius 3 is 2.30 bits per heavy atom. The zero-order chi connectivity index (χ0) is 7.56. The lowest BCUT2D eigenvalue weighted by atomic mass is 9.78. The molecule has 1 N–H and O–H groups in total. The monoisotopic (exact) mass is 142 g/mol. The predicted octanol–water partition coefficient (Wildman–Crippen LogP) is 2.19. The first-order valence-corrected chi connectivity index (χ1v) is 4.40. The van der Waals surface area contributed by atoms with Crippen molar-refractivity contribution >= 4 is 0 Å². The van der Waals surface area contributed by atoms with E-state index in [9.17, 15) is 5.11 Å². The Morgan fingerprint density at radius 2 is 1.90 bits per heavy atom. The summed E-state index contributed by atoms with van der Waals surface area (Å²) in [5.41, 5.74) is 0. The average molecular weight is 142 g/mol. The van der Waals surface area contributed by atoms with Gasteiger partial charge in [-0.3, -0.25) is 0 Å². The summed E-state index contributed by atoms with van der Waals surface area (Å²) in [6.45, 7) is 4.18. The second-order valence-corrected chi connectivity index (χ2v) is 3.67. The molecule has 60 valence electrons. The molecule has 0 aromatic heterocycles. The van der Waals surface area contributed by atoms with E-state index in [-0.39, 0.29) is 6.10 Å². The van der Waals surface area contributed by atoms with E-state index in [1.807, 2.05) is 6.92 Å². The van der Waals surface area contributed by atoms with E-state index < -0.39 is 0 Å². The van der Waals surface area contributed by atoms with Gasteiger partial charge in [-0.1, -0.05) is 26.2 Å². The molecule has 2 unspecified atom stereocenters. The lowest BCUT2D eigenvalue weighted by molar-refractivity contribution is 0.0678. The van der Waals surface area contributed by atoms with Gasteiger partial charge in [0.1, 0.15) is 0 Å². The van der Waals surface area contributed by atoms with Crippen LogP contribution in [0.1, 0.15) is 39.5 Å². The first-order valence-electron chi connectivity index (χ1n) is 4.40. The Kier molecular flexibility index (Phi) is 2.72. The van der Waals surface area contributed by atoms with E-state index in [0.29, 0.717) is 5.92 Å². The number of rotatable bonds is 1. The van der Waals surface area contributed by atoms with Crippen LogP contribution < -0.4 is 0 Å². The largest absolute Gasteiger partial charge is 0.393 e. The van der Waals surface area contributed by atoms with E-state index in [1.54, 1.807) is 0 Å². The lowest BCUT2D eigenvalue weighted by Crippen LogP contribution is -2.26. The Balaban J connectivity index is 2.40. The van der Waals surface area contributed by atoms with Crippen LogP contribution >= 0.6 is 0 Å². The second kappa shape index (κ2) is 3.38. The maximum absolute atomic E-state index is 9.35. The fourth-order valence-electron chi connectivity index (χ4n) is 2.06. The normalized spacial score (nSPS) is 37.5. The van der Waals surface area contributed by atoms with E-state index >= 15 is 0 Å². The maximum Gasteiger partial charge on any atom is 0.0542 e. The number of hydrogen-bond donors (Lipinski definition) is 1. The minimum absolute atomic E-state index is 0.0877. The topological polar surface area (TPSA) is 20.2 Å².